The summed E-state index contributed by atoms with van der Waals surface area (Å²) in [6.07, 6.45) is 1.84. The van der Waals surface area contributed by atoms with Gasteiger partial charge in [-0.05, 0) is 24.6 Å². The molecular weight excluding hydrogens is 256 g/mol. The third kappa shape index (κ3) is 2.18. The molecule has 2 heterocycles. The molecule has 0 spiro atoms. The van der Waals surface area contributed by atoms with Crippen LogP contribution in [0.5, 0.6) is 0 Å². The van der Waals surface area contributed by atoms with Gasteiger partial charge in [-0.3, -0.25) is 16.0 Å². The molecule has 3 N–H and O–H groups in total. The molecule has 0 bridgehead atoms. The van der Waals surface area contributed by atoms with E-state index in [0.29, 0.717) is 5.92 Å². The summed E-state index contributed by atoms with van der Waals surface area (Å²) < 4.78 is 2.01. The molecule has 0 radical (unpaired) electrons. The van der Waals surface area contributed by atoms with Gasteiger partial charge in [0.25, 0.3) is 0 Å². The minimum atomic E-state index is 0.110. The van der Waals surface area contributed by atoms with Crippen molar-refractivity contribution in [2.45, 2.75) is 30.3 Å². The van der Waals surface area contributed by atoms with Crippen molar-refractivity contribution < 1.29 is 0 Å². The zero-order chi connectivity index (χ0) is 13.2. The van der Waals surface area contributed by atoms with E-state index in [1.165, 1.54) is 10.5 Å². The van der Waals surface area contributed by atoms with Crippen molar-refractivity contribution in [3.05, 3.63) is 47.8 Å². The number of aryl methyl sites for hydroxylation is 1. The molecule has 100 valence electrons. The first-order valence-corrected chi connectivity index (χ1v) is 7.53. The Bertz CT molecular complexity index is 566. The van der Waals surface area contributed by atoms with Crippen LogP contribution in [0.3, 0.4) is 0 Å². The van der Waals surface area contributed by atoms with E-state index in [4.69, 9.17) is 5.84 Å². The van der Waals surface area contributed by atoms with Crippen molar-refractivity contribution in [1.82, 2.24) is 15.2 Å². The quantitative estimate of drug-likeness (QED) is 0.663. The Morgan fingerprint density at radius 2 is 2.32 bits per heavy atom. The maximum Gasteiger partial charge on any atom is 0.0705 e. The standard InChI is InChI=1S/C14H18N4S/c1-2-18-12(7-8-16-18)14(17-15)11-9-19-13-6-4-3-5-10(11)13/h3-8,11,14,17H,2,9,15H2,1H3. The van der Waals surface area contributed by atoms with Crippen LogP contribution in [0.15, 0.2) is 41.4 Å². The number of thioether (sulfide) groups is 1. The average Bonchev–Trinajstić information content (AvgIpc) is 3.07. The van der Waals surface area contributed by atoms with E-state index in [9.17, 15) is 0 Å². The SMILES string of the molecule is CCn1nccc1C(NN)C1CSc2ccccc21. The average molecular weight is 274 g/mol. The molecule has 0 fully saturated rings. The fourth-order valence-corrected chi connectivity index (χ4v) is 4.03. The maximum absolute atomic E-state index is 5.82. The van der Waals surface area contributed by atoms with Gasteiger partial charge < -0.3 is 0 Å². The summed E-state index contributed by atoms with van der Waals surface area (Å²) in [6.45, 7) is 2.96. The first-order valence-electron chi connectivity index (χ1n) is 6.54. The first kappa shape index (κ1) is 12.7. The molecule has 1 aliphatic rings. The zero-order valence-corrected chi connectivity index (χ0v) is 11.7. The fraction of sp³-hybridized carbons (Fsp3) is 0.357. The molecule has 2 aromatic rings. The summed E-state index contributed by atoms with van der Waals surface area (Å²) in [6, 6.07) is 10.7. The number of rotatable bonds is 4. The summed E-state index contributed by atoms with van der Waals surface area (Å²) in [4.78, 5) is 1.37. The smallest absolute Gasteiger partial charge is 0.0705 e. The summed E-state index contributed by atoms with van der Waals surface area (Å²) in [5.41, 5.74) is 5.54. The largest absolute Gasteiger partial charge is 0.271 e. The highest BCUT2D eigenvalue weighted by molar-refractivity contribution is 7.99. The van der Waals surface area contributed by atoms with Crippen molar-refractivity contribution in [2.24, 2.45) is 5.84 Å². The van der Waals surface area contributed by atoms with E-state index < -0.39 is 0 Å². The molecule has 0 aliphatic carbocycles. The lowest BCUT2D eigenvalue weighted by atomic mass is 9.91. The Labute approximate surface area is 117 Å². The van der Waals surface area contributed by atoms with E-state index in [2.05, 4.69) is 47.8 Å². The third-order valence-corrected chi connectivity index (χ3v) is 4.89. The summed E-state index contributed by atoms with van der Waals surface area (Å²) in [5, 5.41) is 4.35. The minimum absolute atomic E-state index is 0.110. The van der Waals surface area contributed by atoms with Crippen molar-refractivity contribution in [1.29, 1.82) is 0 Å². The van der Waals surface area contributed by atoms with Crippen LogP contribution in [0, 0.1) is 0 Å². The Kier molecular flexibility index (Phi) is 3.59. The number of nitrogens with two attached hydrogens (primary N) is 1. The van der Waals surface area contributed by atoms with E-state index in [1.807, 2.05) is 22.6 Å². The van der Waals surface area contributed by atoms with Crippen LogP contribution in [0.1, 0.15) is 30.1 Å². The van der Waals surface area contributed by atoms with Crippen molar-refractivity contribution in [3.8, 4) is 0 Å². The van der Waals surface area contributed by atoms with Gasteiger partial charge in [0.15, 0.2) is 0 Å². The molecule has 1 aliphatic heterocycles. The van der Waals surface area contributed by atoms with Crippen LogP contribution >= 0.6 is 11.8 Å². The van der Waals surface area contributed by atoms with Crippen LogP contribution in [-0.4, -0.2) is 15.5 Å². The highest BCUT2D eigenvalue weighted by Crippen LogP contribution is 2.45. The van der Waals surface area contributed by atoms with Gasteiger partial charge in [-0.15, -0.1) is 11.8 Å². The van der Waals surface area contributed by atoms with Gasteiger partial charge in [0, 0.05) is 29.3 Å². The molecule has 3 rings (SSSR count). The number of nitrogens with zero attached hydrogens (tertiary/aromatic N) is 2. The van der Waals surface area contributed by atoms with Gasteiger partial charge in [-0.2, -0.15) is 5.10 Å². The van der Waals surface area contributed by atoms with E-state index in [-0.39, 0.29) is 6.04 Å². The number of hydrogen-bond donors (Lipinski definition) is 2. The monoisotopic (exact) mass is 274 g/mol. The molecule has 2 atom stereocenters. The van der Waals surface area contributed by atoms with Gasteiger partial charge >= 0.3 is 0 Å². The second kappa shape index (κ2) is 5.36. The first-order chi connectivity index (χ1) is 9.35. The molecule has 1 aromatic carbocycles. The molecule has 0 saturated heterocycles. The Morgan fingerprint density at radius 1 is 1.47 bits per heavy atom. The van der Waals surface area contributed by atoms with Crippen LogP contribution in [0.2, 0.25) is 0 Å². The summed E-state index contributed by atoms with van der Waals surface area (Å²) in [5.74, 6) is 7.28. The fourth-order valence-electron chi connectivity index (χ4n) is 2.74. The Morgan fingerprint density at radius 3 is 3.11 bits per heavy atom. The van der Waals surface area contributed by atoms with Crippen LogP contribution < -0.4 is 11.3 Å². The second-order valence-corrected chi connectivity index (χ2v) is 5.73. The van der Waals surface area contributed by atoms with Crippen molar-refractivity contribution in [2.75, 3.05) is 5.75 Å². The zero-order valence-electron chi connectivity index (χ0n) is 10.9. The molecule has 2 unspecified atom stereocenters. The lowest BCUT2D eigenvalue weighted by Crippen LogP contribution is -2.34. The lowest BCUT2D eigenvalue weighted by molar-refractivity contribution is 0.443. The van der Waals surface area contributed by atoms with Crippen LogP contribution in [0.4, 0.5) is 0 Å². The minimum Gasteiger partial charge on any atom is -0.271 e. The summed E-state index contributed by atoms with van der Waals surface area (Å²) >= 11 is 1.91. The number of nitrogens with one attached hydrogen (secondary N) is 1. The molecule has 1 aromatic heterocycles. The van der Waals surface area contributed by atoms with Gasteiger partial charge in [-0.1, -0.05) is 18.2 Å². The van der Waals surface area contributed by atoms with Gasteiger partial charge in [0.05, 0.1) is 11.7 Å². The van der Waals surface area contributed by atoms with E-state index in [0.717, 1.165) is 18.0 Å². The maximum atomic E-state index is 5.82. The third-order valence-electron chi connectivity index (χ3n) is 3.69. The van der Waals surface area contributed by atoms with Crippen LogP contribution in [0.25, 0.3) is 0 Å². The molecule has 5 heteroatoms. The summed E-state index contributed by atoms with van der Waals surface area (Å²) in [7, 11) is 0. The normalized spacial score (nSPS) is 19.4. The lowest BCUT2D eigenvalue weighted by Gasteiger charge is -2.24. The number of benzene rings is 1. The van der Waals surface area contributed by atoms with Gasteiger partial charge in [0.2, 0.25) is 0 Å². The number of fused-ring (bicyclic) bond motifs is 1. The van der Waals surface area contributed by atoms with E-state index >= 15 is 0 Å². The molecule has 0 amide bonds. The topological polar surface area (TPSA) is 55.9 Å². The molecule has 0 saturated carbocycles. The highest BCUT2D eigenvalue weighted by Gasteiger charge is 2.32. The molecule has 4 nitrogen and oxygen atoms in total. The number of aromatic nitrogens is 2. The number of hydrazine groups is 1. The van der Waals surface area contributed by atoms with Gasteiger partial charge in [-0.25, -0.2) is 0 Å². The Balaban J connectivity index is 1.97. The number of hydrogen-bond acceptors (Lipinski definition) is 4. The highest BCUT2D eigenvalue weighted by atomic mass is 32.2. The van der Waals surface area contributed by atoms with Crippen LogP contribution in [-0.2, 0) is 6.54 Å². The Hall–Kier alpha value is -1.30. The predicted octanol–water partition coefficient (Wildman–Crippen LogP) is 2.30. The van der Waals surface area contributed by atoms with Gasteiger partial charge in [0.1, 0.15) is 0 Å². The predicted molar refractivity (Wildman–Crippen MR) is 77.9 cm³/mol. The van der Waals surface area contributed by atoms with Crippen molar-refractivity contribution >= 4 is 11.8 Å². The molecular formula is C14H18N4S. The second-order valence-electron chi connectivity index (χ2n) is 4.67. The van der Waals surface area contributed by atoms with E-state index in [1.54, 1.807) is 0 Å². The molecule has 19 heavy (non-hydrogen) atoms. The van der Waals surface area contributed by atoms with Crippen molar-refractivity contribution in [3.63, 3.8) is 0 Å².